The summed E-state index contributed by atoms with van der Waals surface area (Å²) in [7, 11) is 3.64. The molecule has 5 nitrogen and oxygen atoms in total. The molecule has 1 N–H and O–H groups in total. The second-order valence-electron chi connectivity index (χ2n) is 5.03. The van der Waals surface area contributed by atoms with Gasteiger partial charge in [0.05, 0.1) is 7.11 Å². The Balaban J connectivity index is 2.28. The number of hydrogen-bond donors (Lipinski definition) is 1. The van der Waals surface area contributed by atoms with Crippen LogP contribution < -0.4 is 14.8 Å². The summed E-state index contributed by atoms with van der Waals surface area (Å²) in [6.45, 7) is 5.77. The summed E-state index contributed by atoms with van der Waals surface area (Å²) in [5.41, 5.74) is 0. The predicted molar refractivity (Wildman–Crippen MR) is 83.9 cm³/mol. The molecule has 0 saturated carbocycles. The van der Waals surface area contributed by atoms with E-state index in [1.807, 2.05) is 12.1 Å². The number of nitrogens with one attached hydrogen (secondary N) is 1. The highest BCUT2D eigenvalue weighted by atomic mass is 16.5. The zero-order valence-corrected chi connectivity index (χ0v) is 13.4. The highest BCUT2D eigenvalue weighted by molar-refractivity contribution is 5.77. The molecule has 0 spiro atoms. The van der Waals surface area contributed by atoms with Crippen LogP contribution in [0, 0.1) is 0 Å². The summed E-state index contributed by atoms with van der Waals surface area (Å²) in [6.07, 6.45) is 1.10. The molecule has 0 aromatic heterocycles. The van der Waals surface area contributed by atoms with E-state index in [9.17, 15) is 4.79 Å². The molecular weight excluding hydrogens is 268 g/mol. The second-order valence-corrected chi connectivity index (χ2v) is 5.03. The van der Waals surface area contributed by atoms with E-state index >= 15 is 0 Å². The first kappa shape index (κ1) is 17.3. The van der Waals surface area contributed by atoms with E-state index in [1.54, 1.807) is 19.2 Å². The largest absolute Gasteiger partial charge is 0.493 e. The van der Waals surface area contributed by atoms with Crippen LogP contribution in [0.1, 0.15) is 20.3 Å². The summed E-state index contributed by atoms with van der Waals surface area (Å²) >= 11 is 0. The fourth-order valence-corrected chi connectivity index (χ4v) is 1.84. The van der Waals surface area contributed by atoms with Gasteiger partial charge in [0.1, 0.15) is 0 Å². The molecule has 0 aliphatic rings. The summed E-state index contributed by atoms with van der Waals surface area (Å²) in [5, 5.41) is 2.85. The number of likely N-dealkylation sites (N-methyl/N-ethyl adjacent to an activating group) is 1. The van der Waals surface area contributed by atoms with Crippen molar-refractivity contribution in [3.8, 4) is 11.5 Å². The van der Waals surface area contributed by atoms with Gasteiger partial charge in [0.15, 0.2) is 18.1 Å². The summed E-state index contributed by atoms with van der Waals surface area (Å²) < 4.78 is 10.6. The monoisotopic (exact) mass is 294 g/mol. The molecule has 1 atom stereocenters. The van der Waals surface area contributed by atoms with Crippen LogP contribution in [-0.4, -0.2) is 50.7 Å². The third kappa shape index (κ3) is 6.04. The molecule has 21 heavy (non-hydrogen) atoms. The fraction of sp³-hybridized carbons (Fsp3) is 0.562. The lowest BCUT2D eigenvalue weighted by Gasteiger charge is -2.23. The van der Waals surface area contributed by atoms with Crippen molar-refractivity contribution in [1.82, 2.24) is 10.2 Å². The van der Waals surface area contributed by atoms with Crippen molar-refractivity contribution in [2.24, 2.45) is 0 Å². The number of ether oxygens (including phenoxy) is 2. The highest BCUT2D eigenvalue weighted by Gasteiger charge is 2.08. The molecule has 1 amide bonds. The third-order valence-electron chi connectivity index (χ3n) is 3.56. The average Bonchev–Trinajstić information content (AvgIpc) is 2.52. The number of benzene rings is 1. The Bertz CT molecular complexity index is 437. The number of nitrogens with zero attached hydrogens (tertiary/aromatic N) is 1. The smallest absolute Gasteiger partial charge is 0.257 e. The van der Waals surface area contributed by atoms with E-state index in [-0.39, 0.29) is 12.5 Å². The van der Waals surface area contributed by atoms with Crippen molar-refractivity contribution in [3.63, 3.8) is 0 Å². The van der Waals surface area contributed by atoms with E-state index in [0.29, 0.717) is 24.1 Å². The fourth-order valence-electron chi connectivity index (χ4n) is 1.84. The number of carbonyl (C=O) groups is 1. The zero-order valence-electron chi connectivity index (χ0n) is 13.4. The van der Waals surface area contributed by atoms with E-state index in [4.69, 9.17) is 9.47 Å². The molecule has 0 radical (unpaired) electrons. The van der Waals surface area contributed by atoms with Crippen molar-refractivity contribution in [2.45, 2.75) is 26.3 Å². The van der Waals surface area contributed by atoms with Crippen LogP contribution in [0.4, 0.5) is 0 Å². The van der Waals surface area contributed by atoms with Crippen LogP contribution in [0.5, 0.6) is 11.5 Å². The minimum atomic E-state index is -0.126. The average molecular weight is 294 g/mol. The van der Waals surface area contributed by atoms with Crippen LogP contribution in [0.25, 0.3) is 0 Å². The van der Waals surface area contributed by atoms with Crippen LogP contribution in [0.15, 0.2) is 24.3 Å². The van der Waals surface area contributed by atoms with Gasteiger partial charge in [-0.3, -0.25) is 4.79 Å². The Morgan fingerprint density at radius 2 is 2.00 bits per heavy atom. The van der Waals surface area contributed by atoms with Gasteiger partial charge in [0.2, 0.25) is 0 Å². The van der Waals surface area contributed by atoms with Gasteiger partial charge in [-0.25, -0.2) is 0 Å². The molecule has 1 aromatic rings. The third-order valence-corrected chi connectivity index (χ3v) is 3.56. The number of methoxy groups -OCH3 is 1. The standard InChI is InChI=1S/C16H26N2O3/c1-5-13(2)18(3)11-10-17-16(19)12-21-15-9-7-6-8-14(15)20-4/h6-9,13H,5,10-12H2,1-4H3,(H,17,19)/t13-/m0/s1. The lowest BCUT2D eigenvalue weighted by molar-refractivity contribution is -0.123. The van der Waals surface area contributed by atoms with Crippen LogP contribution >= 0.6 is 0 Å². The number of rotatable bonds is 9. The van der Waals surface area contributed by atoms with E-state index in [0.717, 1.165) is 13.0 Å². The number of hydrogen-bond acceptors (Lipinski definition) is 4. The van der Waals surface area contributed by atoms with E-state index < -0.39 is 0 Å². The van der Waals surface area contributed by atoms with Gasteiger partial charge in [-0.05, 0) is 32.5 Å². The SMILES string of the molecule is CC[C@H](C)N(C)CCNC(=O)COc1ccccc1OC. The molecule has 0 saturated heterocycles. The second kappa shape index (κ2) is 9.23. The van der Waals surface area contributed by atoms with Gasteiger partial charge in [-0.15, -0.1) is 0 Å². The quantitative estimate of drug-likeness (QED) is 0.756. The van der Waals surface area contributed by atoms with Gasteiger partial charge in [-0.2, -0.15) is 0 Å². The van der Waals surface area contributed by atoms with Crippen molar-refractivity contribution >= 4 is 5.91 Å². The van der Waals surface area contributed by atoms with Gasteiger partial charge in [-0.1, -0.05) is 19.1 Å². The molecule has 118 valence electrons. The highest BCUT2D eigenvalue weighted by Crippen LogP contribution is 2.25. The molecule has 0 aliphatic heterocycles. The summed E-state index contributed by atoms with van der Waals surface area (Å²) in [6, 6.07) is 7.80. The molecule has 5 heteroatoms. The lowest BCUT2D eigenvalue weighted by Crippen LogP contribution is -2.38. The van der Waals surface area contributed by atoms with Gasteiger partial charge in [0, 0.05) is 19.1 Å². The molecule has 0 aliphatic carbocycles. The van der Waals surface area contributed by atoms with Crippen molar-refractivity contribution in [3.05, 3.63) is 24.3 Å². The molecule has 1 rings (SSSR count). The molecule has 1 aromatic carbocycles. The Hall–Kier alpha value is -1.75. The number of para-hydroxylation sites is 2. The summed E-state index contributed by atoms with van der Waals surface area (Å²) in [4.78, 5) is 14.0. The summed E-state index contributed by atoms with van der Waals surface area (Å²) in [5.74, 6) is 1.08. The Labute approximate surface area is 127 Å². The van der Waals surface area contributed by atoms with Crippen molar-refractivity contribution in [2.75, 3.05) is 33.9 Å². The topological polar surface area (TPSA) is 50.8 Å². The predicted octanol–water partition coefficient (Wildman–Crippen LogP) is 1.92. The molecule has 0 bridgehead atoms. The maximum Gasteiger partial charge on any atom is 0.257 e. The molecule has 0 fully saturated rings. The minimum Gasteiger partial charge on any atom is -0.493 e. The molecule has 0 unspecified atom stereocenters. The Kier molecular flexibility index (Phi) is 7.61. The maximum absolute atomic E-state index is 11.7. The van der Waals surface area contributed by atoms with Crippen LogP contribution in [-0.2, 0) is 4.79 Å². The number of carbonyl (C=O) groups excluding carboxylic acids is 1. The van der Waals surface area contributed by atoms with Gasteiger partial charge < -0.3 is 19.7 Å². The first-order valence-corrected chi connectivity index (χ1v) is 7.31. The van der Waals surface area contributed by atoms with Gasteiger partial charge in [0.25, 0.3) is 5.91 Å². The molecule has 0 heterocycles. The molecular formula is C16H26N2O3. The lowest BCUT2D eigenvalue weighted by atomic mass is 10.2. The minimum absolute atomic E-state index is 0.00653. The van der Waals surface area contributed by atoms with Gasteiger partial charge >= 0.3 is 0 Å². The van der Waals surface area contributed by atoms with E-state index in [2.05, 4.69) is 31.1 Å². The van der Waals surface area contributed by atoms with Crippen LogP contribution in [0.3, 0.4) is 0 Å². The van der Waals surface area contributed by atoms with Crippen LogP contribution in [0.2, 0.25) is 0 Å². The first-order valence-electron chi connectivity index (χ1n) is 7.31. The van der Waals surface area contributed by atoms with E-state index in [1.165, 1.54) is 0 Å². The Morgan fingerprint density at radius 3 is 2.62 bits per heavy atom. The Morgan fingerprint density at radius 1 is 1.33 bits per heavy atom. The zero-order chi connectivity index (χ0) is 15.7. The van der Waals surface area contributed by atoms with Crippen molar-refractivity contribution < 1.29 is 14.3 Å². The normalized spacial score (nSPS) is 12.0. The van der Waals surface area contributed by atoms with Crippen molar-refractivity contribution in [1.29, 1.82) is 0 Å². The number of amides is 1. The maximum atomic E-state index is 11.7. The first-order chi connectivity index (χ1) is 10.1.